The van der Waals surface area contributed by atoms with Crippen LogP contribution in [0.15, 0.2) is 23.8 Å². The van der Waals surface area contributed by atoms with E-state index >= 15 is 0 Å². The molecule has 3 heteroatoms. The Balaban J connectivity index is 1.73. The molecule has 0 bridgehead atoms. The van der Waals surface area contributed by atoms with Gasteiger partial charge in [0.15, 0.2) is 5.78 Å². The number of fused-ring (bicyclic) bond motifs is 5. The van der Waals surface area contributed by atoms with E-state index in [-0.39, 0.29) is 28.3 Å². The minimum Gasteiger partial charge on any atom is -0.393 e. The van der Waals surface area contributed by atoms with Crippen LogP contribution in [0.5, 0.6) is 0 Å². The highest BCUT2D eigenvalue weighted by molar-refractivity contribution is 6.01. The third-order valence-corrected chi connectivity index (χ3v) is 8.16. The fraction of sp³-hybridized carbons (Fsp3) is 0.714. The van der Waals surface area contributed by atoms with Crippen molar-refractivity contribution in [2.24, 2.45) is 34.5 Å². The number of rotatable bonds is 1. The molecule has 0 radical (unpaired) electrons. The van der Waals surface area contributed by atoms with Gasteiger partial charge in [0.05, 0.1) is 6.10 Å². The number of ketones is 2. The van der Waals surface area contributed by atoms with Crippen LogP contribution in [0.1, 0.15) is 52.9 Å². The minimum absolute atomic E-state index is 0.00618. The molecule has 0 amide bonds. The lowest BCUT2D eigenvalue weighted by atomic mass is 9.47. The topological polar surface area (TPSA) is 54.4 Å². The molecule has 0 aromatic rings. The molecular weight excluding hydrogens is 300 g/mol. The third-order valence-electron chi connectivity index (χ3n) is 8.16. The molecule has 0 aromatic heterocycles. The SMILES string of the molecule is CC(=O)[C@H]1CC[C@H]2[C@@H]3CCC4=CC(=O)C=C[C@]4(C)[C@H]3C[C@@H](O)[C@]12C. The van der Waals surface area contributed by atoms with Gasteiger partial charge in [-0.05, 0) is 68.9 Å². The highest BCUT2D eigenvalue weighted by Gasteiger charge is 2.62. The van der Waals surface area contributed by atoms with Crippen LogP contribution >= 0.6 is 0 Å². The van der Waals surface area contributed by atoms with Crippen LogP contribution in [0, 0.1) is 34.5 Å². The van der Waals surface area contributed by atoms with E-state index < -0.39 is 6.10 Å². The molecule has 3 fully saturated rings. The van der Waals surface area contributed by atoms with Crippen LogP contribution in [-0.2, 0) is 9.59 Å². The van der Waals surface area contributed by atoms with Gasteiger partial charge in [-0.25, -0.2) is 0 Å². The second-order valence-corrected chi connectivity index (χ2v) is 8.96. The number of aliphatic hydroxyl groups excluding tert-OH is 1. The maximum Gasteiger partial charge on any atom is 0.178 e. The summed E-state index contributed by atoms with van der Waals surface area (Å²) in [6.07, 6.45) is 9.97. The van der Waals surface area contributed by atoms with Crippen LogP contribution in [0.4, 0.5) is 0 Å². The molecule has 0 unspecified atom stereocenters. The monoisotopic (exact) mass is 328 g/mol. The molecule has 3 nitrogen and oxygen atoms in total. The quantitative estimate of drug-likeness (QED) is 0.802. The minimum atomic E-state index is -0.428. The average molecular weight is 328 g/mol. The van der Waals surface area contributed by atoms with E-state index in [1.807, 2.05) is 6.08 Å². The maximum absolute atomic E-state index is 12.2. The van der Waals surface area contributed by atoms with E-state index in [1.54, 1.807) is 13.0 Å². The van der Waals surface area contributed by atoms with Gasteiger partial charge in [0.1, 0.15) is 5.78 Å². The predicted molar refractivity (Wildman–Crippen MR) is 92.2 cm³/mol. The number of hydrogen-bond donors (Lipinski definition) is 1. The molecule has 7 atom stereocenters. The Labute approximate surface area is 144 Å². The van der Waals surface area contributed by atoms with E-state index in [9.17, 15) is 14.7 Å². The number of carbonyl (C=O) groups is 2. The molecular formula is C21H28O3. The molecule has 0 spiro atoms. The summed E-state index contributed by atoms with van der Waals surface area (Å²) in [5, 5.41) is 11.1. The highest BCUT2D eigenvalue weighted by Crippen LogP contribution is 2.65. The van der Waals surface area contributed by atoms with E-state index in [1.165, 1.54) is 5.57 Å². The summed E-state index contributed by atoms with van der Waals surface area (Å²) >= 11 is 0. The van der Waals surface area contributed by atoms with Crippen molar-refractivity contribution < 1.29 is 14.7 Å². The Morgan fingerprint density at radius 1 is 1.21 bits per heavy atom. The first-order valence-electron chi connectivity index (χ1n) is 9.41. The first-order chi connectivity index (χ1) is 11.3. The smallest absolute Gasteiger partial charge is 0.178 e. The Kier molecular flexibility index (Phi) is 3.48. The molecule has 4 aliphatic carbocycles. The Morgan fingerprint density at radius 2 is 1.96 bits per heavy atom. The molecule has 0 aliphatic heterocycles. The largest absolute Gasteiger partial charge is 0.393 e. The second kappa shape index (κ2) is 5.14. The molecule has 0 aromatic carbocycles. The average Bonchev–Trinajstić information content (AvgIpc) is 2.88. The van der Waals surface area contributed by atoms with Crippen LogP contribution in [0.2, 0.25) is 0 Å². The molecule has 3 saturated carbocycles. The van der Waals surface area contributed by atoms with Crippen molar-refractivity contribution in [2.75, 3.05) is 0 Å². The van der Waals surface area contributed by atoms with Gasteiger partial charge in [0, 0.05) is 16.7 Å². The molecule has 130 valence electrons. The molecule has 0 saturated heterocycles. The lowest BCUT2D eigenvalue weighted by molar-refractivity contribution is -0.144. The summed E-state index contributed by atoms with van der Waals surface area (Å²) in [7, 11) is 0. The molecule has 24 heavy (non-hydrogen) atoms. The predicted octanol–water partition coefficient (Wildman–Crippen LogP) is 3.47. The van der Waals surface area contributed by atoms with Crippen molar-refractivity contribution in [3.05, 3.63) is 23.8 Å². The summed E-state index contributed by atoms with van der Waals surface area (Å²) in [4.78, 5) is 24.0. The summed E-state index contributed by atoms with van der Waals surface area (Å²) in [6, 6.07) is 0. The Morgan fingerprint density at radius 3 is 2.67 bits per heavy atom. The van der Waals surface area contributed by atoms with Crippen molar-refractivity contribution in [1.29, 1.82) is 0 Å². The fourth-order valence-electron chi connectivity index (χ4n) is 6.83. The van der Waals surface area contributed by atoms with Crippen molar-refractivity contribution in [1.82, 2.24) is 0 Å². The number of carbonyl (C=O) groups excluding carboxylic acids is 2. The zero-order valence-corrected chi connectivity index (χ0v) is 14.9. The maximum atomic E-state index is 12.2. The Bertz CT molecular complexity index is 660. The van der Waals surface area contributed by atoms with Gasteiger partial charge in [-0.1, -0.05) is 25.5 Å². The van der Waals surface area contributed by atoms with Crippen molar-refractivity contribution in [3.8, 4) is 0 Å². The molecule has 4 aliphatic rings. The first kappa shape index (κ1) is 16.3. The lowest BCUT2D eigenvalue weighted by Crippen LogP contribution is -2.56. The van der Waals surface area contributed by atoms with Gasteiger partial charge >= 0.3 is 0 Å². The van der Waals surface area contributed by atoms with E-state index in [2.05, 4.69) is 19.9 Å². The number of Topliss-reactive ketones (excluding diaryl/α,β-unsaturated/α-hetero) is 1. The summed E-state index contributed by atoms with van der Waals surface area (Å²) in [5.74, 6) is 1.68. The van der Waals surface area contributed by atoms with Gasteiger partial charge < -0.3 is 5.11 Å². The van der Waals surface area contributed by atoms with E-state index in [4.69, 9.17) is 0 Å². The van der Waals surface area contributed by atoms with Crippen LogP contribution < -0.4 is 0 Å². The Hall–Kier alpha value is -1.22. The van der Waals surface area contributed by atoms with Crippen molar-refractivity contribution in [3.63, 3.8) is 0 Å². The van der Waals surface area contributed by atoms with Gasteiger partial charge in [-0.2, -0.15) is 0 Å². The second-order valence-electron chi connectivity index (χ2n) is 8.96. The summed E-state index contributed by atoms with van der Waals surface area (Å²) in [6.45, 7) is 6.09. The third kappa shape index (κ3) is 1.94. The van der Waals surface area contributed by atoms with Crippen molar-refractivity contribution >= 4 is 11.6 Å². The van der Waals surface area contributed by atoms with Gasteiger partial charge in [-0.3, -0.25) is 9.59 Å². The normalized spacial score (nSPS) is 49.9. The highest BCUT2D eigenvalue weighted by atomic mass is 16.3. The zero-order valence-electron chi connectivity index (χ0n) is 14.9. The number of aliphatic hydroxyl groups is 1. The fourth-order valence-corrected chi connectivity index (χ4v) is 6.83. The van der Waals surface area contributed by atoms with Crippen LogP contribution in [-0.4, -0.2) is 22.8 Å². The van der Waals surface area contributed by atoms with Crippen LogP contribution in [0.25, 0.3) is 0 Å². The molecule has 0 heterocycles. The summed E-state index contributed by atoms with van der Waals surface area (Å²) < 4.78 is 0. The van der Waals surface area contributed by atoms with Gasteiger partial charge in [0.2, 0.25) is 0 Å². The zero-order chi connectivity index (χ0) is 17.3. The van der Waals surface area contributed by atoms with E-state index in [0.29, 0.717) is 17.8 Å². The number of hydrogen-bond acceptors (Lipinski definition) is 3. The standard InChI is InChI=1S/C21H28O3/c1-12(22)16-6-7-17-15-5-4-13-10-14(23)8-9-20(13,2)18(15)11-19(24)21(16,17)3/h8-10,15-19,24H,4-7,11H2,1-3H3/t15-,16+,17-,18-,19+,20-,21+/m0/s1. The van der Waals surface area contributed by atoms with Gasteiger partial charge in [0.25, 0.3) is 0 Å². The van der Waals surface area contributed by atoms with Crippen LogP contribution in [0.3, 0.4) is 0 Å². The van der Waals surface area contributed by atoms with E-state index in [0.717, 1.165) is 32.1 Å². The first-order valence-corrected chi connectivity index (χ1v) is 9.41. The number of allylic oxidation sites excluding steroid dienone is 4. The molecule has 1 N–H and O–H groups in total. The summed E-state index contributed by atoms with van der Waals surface area (Å²) in [5.41, 5.74) is 0.875. The van der Waals surface area contributed by atoms with Gasteiger partial charge in [-0.15, -0.1) is 0 Å². The molecule has 4 rings (SSSR count). The lowest BCUT2D eigenvalue weighted by Gasteiger charge is -2.58. The van der Waals surface area contributed by atoms with Crippen molar-refractivity contribution in [2.45, 2.75) is 59.0 Å².